The minimum Gasteiger partial charge on any atom is -0.507 e. The third-order valence-electron chi connectivity index (χ3n) is 10.6. The van der Waals surface area contributed by atoms with Gasteiger partial charge in [-0.3, -0.25) is 4.98 Å². The molecule has 0 fully saturated rings. The Kier molecular flexibility index (Phi) is 11.8. The minimum absolute atomic E-state index is 0. The van der Waals surface area contributed by atoms with Gasteiger partial charge < -0.3 is 19.0 Å². The Balaban J connectivity index is 0.000000183. The Morgan fingerprint density at radius 3 is 1.77 bits per heavy atom. The molecule has 6 nitrogen and oxygen atoms in total. The summed E-state index contributed by atoms with van der Waals surface area (Å²) in [4.78, 5) is 11.5. The number of hydrogen-bond donors (Lipinski definition) is 1. The number of aromatic hydroxyl groups is 1. The molecule has 0 unspecified atom stereocenters. The van der Waals surface area contributed by atoms with E-state index in [1.807, 2.05) is 61.1 Å². The van der Waals surface area contributed by atoms with Crippen molar-refractivity contribution in [3.8, 4) is 56.5 Å². The third kappa shape index (κ3) is 7.51. The first-order valence-electron chi connectivity index (χ1n) is 19.3. The number of anilines is 1. The molecule has 8 aromatic rings. The van der Waals surface area contributed by atoms with Crippen molar-refractivity contribution in [2.24, 2.45) is 0 Å². The molecule has 9 rings (SSSR count). The predicted octanol–water partition coefficient (Wildman–Crippen LogP) is 10.9. The summed E-state index contributed by atoms with van der Waals surface area (Å²) in [5.41, 5.74) is 12.6. The molecule has 0 bridgehead atoms. The number of hydrogen-bond acceptors (Lipinski definition) is 4. The van der Waals surface area contributed by atoms with Crippen LogP contribution in [0.3, 0.4) is 0 Å². The van der Waals surface area contributed by atoms with Crippen LogP contribution in [0.2, 0.25) is 0 Å². The van der Waals surface area contributed by atoms with Gasteiger partial charge in [-0.05, 0) is 69.9 Å². The Hall–Kier alpha value is -5.95. The van der Waals surface area contributed by atoms with Crippen molar-refractivity contribution < 1.29 is 25.2 Å². The summed E-state index contributed by atoms with van der Waals surface area (Å²) in [6, 6.07) is 51.1. The molecule has 3 heterocycles. The van der Waals surface area contributed by atoms with Crippen molar-refractivity contribution in [1.82, 2.24) is 19.0 Å². The quantitative estimate of drug-likeness (QED) is 0.128. The maximum absolute atomic E-state index is 10.7. The maximum atomic E-state index is 10.7. The minimum atomic E-state index is -0.136. The smallest absolute Gasteiger partial charge is 0.417 e. The molecule has 1 aliphatic rings. The van der Waals surface area contributed by atoms with Gasteiger partial charge in [-0.15, -0.1) is 35.9 Å². The van der Waals surface area contributed by atoms with Crippen LogP contribution in [0, 0.1) is 6.07 Å². The summed E-state index contributed by atoms with van der Waals surface area (Å²) in [6.45, 7) is 8.84. The van der Waals surface area contributed by atoms with E-state index in [1.165, 1.54) is 44.5 Å². The Morgan fingerprint density at radius 1 is 0.614 bits per heavy atom. The van der Waals surface area contributed by atoms with Crippen molar-refractivity contribution in [2.45, 2.75) is 39.5 Å². The first-order chi connectivity index (χ1) is 27.3. The molecule has 1 N–H and O–H groups in total. The molecular formula is C49H45BIrN5O-. The summed E-state index contributed by atoms with van der Waals surface area (Å²) < 4.78 is 4.38. The predicted molar refractivity (Wildman–Crippen MR) is 232 cm³/mol. The molecule has 8 heteroatoms. The van der Waals surface area contributed by atoms with Crippen LogP contribution >= 0.6 is 0 Å². The van der Waals surface area contributed by atoms with Gasteiger partial charge in [0.1, 0.15) is 11.6 Å². The first kappa shape index (κ1) is 39.3. The van der Waals surface area contributed by atoms with Gasteiger partial charge in [0.15, 0.2) is 0 Å². The van der Waals surface area contributed by atoms with Crippen molar-refractivity contribution in [3.05, 3.63) is 182 Å². The second-order valence-electron chi connectivity index (χ2n) is 14.8. The average Bonchev–Trinajstić information content (AvgIpc) is 3.93. The van der Waals surface area contributed by atoms with Crippen molar-refractivity contribution in [2.75, 3.05) is 11.9 Å². The number of para-hydroxylation sites is 1. The fraction of sp³-hybridized carbons (Fsp3) is 0.143. The van der Waals surface area contributed by atoms with Gasteiger partial charge in [0.25, 0.3) is 0 Å². The average molecular weight is 923 g/mol. The topological polar surface area (TPSA) is 59.1 Å². The number of imidazole rings is 2. The zero-order valence-corrected chi connectivity index (χ0v) is 35.2. The van der Waals surface area contributed by atoms with Crippen LogP contribution in [0.15, 0.2) is 164 Å². The van der Waals surface area contributed by atoms with E-state index in [9.17, 15) is 5.11 Å². The van der Waals surface area contributed by atoms with Crippen LogP contribution in [-0.2, 0) is 20.1 Å². The molecule has 2 aromatic heterocycles. The Morgan fingerprint density at radius 2 is 1.18 bits per heavy atom. The van der Waals surface area contributed by atoms with E-state index in [4.69, 9.17) is 0 Å². The fourth-order valence-electron chi connectivity index (χ4n) is 7.99. The van der Waals surface area contributed by atoms with Gasteiger partial charge in [-0.2, -0.15) is 0 Å². The second kappa shape index (κ2) is 17.0. The number of fused-ring (bicyclic) bond motifs is 3. The van der Waals surface area contributed by atoms with Crippen LogP contribution in [-0.4, -0.2) is 38.1 Å². The summed E-state index contributed by atoms with van der Waals surface area (Å²) >= 11 is 0. The summed E-state index contributed by atoms with van der Waals surface area (Å²) in [6.07, 6.45) is 7.74. The van der Waals surface area contributed by atoms with E-state index in [2.05, 4.69) is 162 Å². The third-order valence-corrected chi connectivity index (χ3v) is 10.6. The van der Waals surface area contributed by atoms with Crippen molar-refractivity contribution in [1.29, 1.82) is 0 Å². The molecule has 57 heavy (non-hydrogen) atoms. The molecule has 0 atom stereocenters. The van der Waals surface area contributed by atoms with Gasteiger partial charge in [0, 0.05) is 56.3 Å². The van der Waals surface area contributed by atoms with Crippen LogP contribution in [0.5, 0.6) is 5.75 Å². The van der Waals surface area contributed by atoms with E-state index in [0.717, 1.165) is 28.5 Å². The van der Waals surface area contributed by atoms with E-state index in [0.29, 0.717) is 11.8 Å². The van der Waals surface area contributed by atoms with E-state index < -0.39 is 0 Å². The van der Waals surface area contributed by atoms with E-state index >= 15 is 0 Å². The molecule has 1 radical (unpaired) electrons. The monoisotopic (exact) mass is 923 g/mol. The number of nitrogens with zero attached hydrogens (tertiary/aromatic N) is 5. The number of phenolic OH excluding ortho intramolecular Hbond substituents is 1. The van der Waals surface area contributed by atoms with Crippen molar-refractivity contribution in [3.63, 3.8) is 0 Å². The summed E-state index contributed by atoms with van der Waals surface area (Å²) in [5, 5.41) is 10.7. The van der Waals surface area contributed by atoms with Crippen LogP contribution < -0.4 is 10.3 Å². The van der Waals surface area contributed by atoms with E-state index in [-0.39, 0.29) is 32.8 Å². The van der Waals surface area contributed by atoms with Gasteiger partial charge in [0.05, 0.1) is 11.4 Å². The molecule has 285 valence electrons. The fourth-order valence-corrected chi connectivity index (χ4v) is 7.99. The normalized spacial score (nSPS) is 11.8. The maximum Gasteiger partial charge on any atom is 0.417 e. The van der Waals surface area contributed by atoms with Gasteiger partial charge in [0.2, 0.25) is 0 Å². The van der Waals surface area contributed by atoms with E-state index in [1.54, 1.807) is 6.07 Å². The number of aromatic nitrogens is 4. The first-order valence-corrected chi connectivity index (χ1v) is 19.3. The SMILES string of the molecule is CC(C)c1cccc(C(C)C)c1-n1ccnc1-c1[c-]cccc1.CN1B(c2c(-c3ccccc3)cccc2-c2ccccc2)n2ccnc2-c2c(O)cccc21.[Ir]. The largest absolute Gasteiger partial charge is 0.507 e. The molecule has 0 aliphatic carbocycles. The number of rotatable bonds is 7. The second-order valence-corrected chi connectivity index (χ2v) is 14.8. The molecule has 0 spiro atoms. The van der Waals surface area contributed by atoms with Crippen molar-refractivity contribution >= 4 is 18.1 Å². The Labute approximate surface area is 350 Å². The number of phenols is 1. The molecular weight excluding hydrogens is 878 g/mol. The van der Waals surface area contributed by atoms with Gasteiger partial charge in [-0.1, -0.05) is 131 Å². The molecule has 1 aliphatic heterocycles. The zero-order chi connectivity index (χ0) is 38.8. The molecule has 6 aromatic carbocycles. The van der Waals surface area contributed by atoms with Crippen LogP contribution in [0.25, 0.3) is 50.7 Å². The molecule has 0 amide bonds. The standard InChI is InChI=1S/C28H22BN3O.C21H23N2.Ir/c1-31-24-16-9-17-25(33)26(24)28-30-18-19-32(28)29(31)27-22(20-10-4-2-5-11-20)14-8-15-23(27)21-12-6-3-7-13-21;1-15(2)18-11-8-12-19(16(3)4)20(18)23-14-13-22-21(23)17-9-6-5-7-10-17;/h2-19,33H,1H3;5-9,11-16H,1-4H3;/q;-1;. The summed E-state index contributed by atoms with van der Waals surface area (Å²) in [7, 11) is 2.09. The molecule has 0 saturated carbocycles. The van der Waals surface area contributed by atoms with Crippen LogP contribution in [0.4, 0.5) is 5.69 Å². The number of benzene rings is 6. The van der Waals surface area contributed by atoms with Gasteiger partial charge >= 0.3 is 6.98 Å². The molecule has 0 saturated heterocycles. The van der Waals surface area contributed by atoms with Gasteiger partial charge in [-0.25, -0.2) is 4.98 Å². The summed E-state index contributed by atoms with van der Waals surface area (Å²) in [5.74, 6) is 2.87. The Bertz CT molecular complexity index is 2500. The van der Waals surface area contributed by atoms with Crippen LogP contribution in [0.1, 0.15) is 50.7 Å². The zero-order valence-electron chi connectivity index (χ0n) is 32.8.